The lowest BCUT2D eigenvalue weighted by Gasteiger charge is -2.14. The first-order valence-electron chi connectivity index (χ1n) is 12.2. The lowest BCUT2D eigenvalue weighted by atomic mass is 10.0. The molecule has 37 heavy (non-hydrogen) atoms. The quantitative estimate of drug-likeness (QED) is 0.252. The second-order valence-corrected chi connectivity index (χ2v) is 9.16. The van der Waals surface area contributed by atoms with Gasteiger partial charge in [-0.1, -0.05) is 91.3 Å². The first-order chi connectivity index (χ1) is 18.1. The highest BCUT2D eigenvalue weighted by atomic mass is 35.5. The molecule has 4 aromatic carbocycles. The summed E-state index contributed by atoms with van der Waals surface area (Å²) in [4.78, 5) is 23.8. The van der Waals surface area contributed by atoms with Crippen molar-refractivity contribution in [2.45, 2.75) is 13.3 Å². The van der Waals surface area contributed by atoms with Crippen LogP contribution in [0.25, 0.3) is 45.1 Å². The van der Waals surface area contributed by atoms with E-state index in [4.69, 9.17) is 21.6 Å². The fourth-order valence-electron chi connectivity index (χ4n) is 4.61. The lowest BCUT2D eigenvalue weighted by Crippen LogP contribution is -2.22. The van der Waals surface area contributed by atoms with Crippen molar-refractivity contribution in [1.29, 1.82) is 0 Å². The Bertz CT molecular complexity index is 1760. The summed E-state index contributed by atoms with van der Waals surface area (Å²) in [5.41, 5.74) is 5.30. The zero-order chi connectivity index (χ0) is 25.4. The molecular weight excluding hydrogens is 480 g/mol. The van der Waals surface area contributed by atoms with Gasteiger partial charge in [-0.3, -0.25) is 13.9 Å². The molecule has 0 aliphatic carbocycles. The molecule has 2 heterocycles. The predicted octanol–water partition coefficient (Wildman–Crippen LogP) is 7.12. The molecule has 0 radical (unpaired) electrons. The first kappa shape index (κ1) is 23.0. The maximum Gasteiger partial charge on any atom is 0.286 e. The maximum absolute atomic E-state index is 14.0. The van der Waals surface area contributed by atoms with Crippen LogP contribution >= 0.6 is 11.6 Å². The van der Waals surface area contributed by atoms with Crippen LogP contribution in [-0.2, 0) is 6.42 Å². The monoisotopic (exact) mass is 502 g/mol. The molecule has 6 aromatic rings. The number of benzene rings is 4. The van der Waals surface area contributed by atoms with E-state index in [9.17, 15) is 4.79 Å². The number of aromatic nitrogens is 4. The molecule has 0 bridgehead atoms. The molecule has 0 aliphatic rings. The van der Waals surface area contributed by atoms with E-state index in [2.05, 4.69) is 24.3 Å². The summed E-state index contributed by atoms with van der Waals surface area (Å²) < 4.78 is 3.60. The summed E-state index contributed by atoms with van der Waals surface area (Å²) in [6, 6.07) is 35.4. The number of halogens is 1. The van der Waals surface area contributed by atoms with Crippen molar-refractivity contribution in [3.8, 4) is 33.9 Å². The number of hydrogen-bond acceptors (Lipinski definition) is 3. The molecule has 0 unspecified atom stereocenters. The van der Waals surface area contributed by atoms with E-state index in [1.165, 1.54) is 0 Å². The molecule has 0 fully saturated rings. The first-order valence-corrected chi connectivity index (χ1v) is 12.5. The number of para-hydroxylation sites is 1. The minimum Gasteiger partial charge on any atom is -0.280 e. The normalized spacial score (nSPS) is 11.2. The van der Waals surface area contributed by atoms with Crippen LogP contribution in [0.5, 0.6) is 0 Å². The summed E-state index contributed by atoms with van der Waals surface area (Å²) >= 11 is 6.16. The SMILES string of the molecule is CCc1nc2c(=O)n(-c3ccc(Cl)cc3)c(-c3ccc(-c4ccccc4)cc3)nc2n1-c1ccccc1. The van der Waals surface area contributed by atoms with E-state index in [0.29, 0.717) is 34.1 Å². The van der Waals surface area contributed by atoms with Gasteiger partial charge in [0, 0.05) is 22.7 Å². The second-order valence-electron chi connectivity index (χ2n) is 8.72. The van der Waals surface area contributed by atoms with Crippen molar-refractivity contribution in [2.75, 3.05) is 0 Å². The van der Waals surface area contributed by atoms with Gasteiger partial charge >= 0.3 is 0 Å². The standard InChI is InChI=1S/C31H23ClN4O/c1-2-27-33-28-30(35(27)25-11-7-4-8-12-25)34-29(36(31(28)37)26-19-17-24(32)18-20-26)23-15-13-22(14-16-23)21-9-5-3-6-10-21/h3-20H,2H2,1H3. The van der Waals surface area contributed by atoms with E-state index >= 15 is 0 Å². The smallest absolute Gasteiger partial charge is 0.280 e. The van der Waals surface area contributed by atoms with Gasteiger partial charge in [0.15, 0.2) is 11.2 Å². The molecule has 0 atom stereocenters. The third-order valence-electron chi connectivity index (χ3n) is 6.42. The third kappa shape index (κ3) is 4.13. The molecule has 0 aliphatic heterocycles. The summed E-state index contributed by atoms with van der Waals surface area (Å²) in [5, 5.41) is 0.598. The fourth-order valence-corrected chi connectivity index (χ4v) is 4.73. The van der Waals surface area contributed by atoms with Crippen LogP contribution in [0.3, 0.4) is 0 Å². The van der Waals surface area contributed by atoms with Gasteiger partial charge in [0.25, 0.3) is 5.56 Å². The van der Waals surface area contributed by atoms with Gasteiger partial charge in [-0.05, 0) is 47.5 Å². The number of imidazole rings is 1. The van der Waals surface area contributed by atoms with E-state index in [1.54, 1.807) is 16.7 Å². The van der Waals surface area contributed by atoms with Gasteiger partial charge in [0.1, 0.15) is 11.6 Å². The number of nitrogens with zero attached hydrogens (tertiary/aromatic N) is 4. The third-order valence-corrected chi connectivity index (χ3v) is 6.67. The van der Waals surface area contributed by atoms with Gasteiger partial charge in [-0.25, -0.2) is 9.97 Å². The maximum atomic E-state index is 14.0. The summed E-state index contributed by atoms with van der Waals surface area (Å²) in [6.07, 6.45) is 0.659. The molecule has 5 nitrogen and oxygen atoms in total. The van der Waals surface area contributed by atoms with Gasteiger partial charge in [0.05, 0.1) is 5.69 Å². The Hall–Kier alpha value is -4.48. The summed E-state index contributed by atoms with van der Waals surface area (Å²) in [5.74, 6) is 1.32. The molecule has 6 heteroatoms. The van der Waals surface area contributed by atoms with Gasteiger partial charge < -0.3 is 0 Å². The minimum atomic E-state index is -0.223. The molecule has 180 valence electrons. The highest BCUT2D eigenvalue weighted by Gasteiger charge is 2.21. The molecular formula is C31H23ClN4O. The van der Waals surface area contributed by atoms with Crippen LogP contribution in [-0.4, -0.2) is 19.1 Å². The highest BCUT2D eigenvalue weighted by molar-refractivity contribution is 6.30. The molecule has 0 spiro atoms. The molecule has 2 aromatic heterocycles. The number of rotatable bonds is 5. The molecule has 0 amide bonds. The zero-order valence-corrected chi connectivity index (χ0v) is 20.9. The Kier molecular flexibility index (Phi) is 5.91. The van der Waals surface area contributed by atoms with Crippen LogP contribution in [0.4, 0.5) is 0 Å². The van der Waals surface area contributed by atoms with E-state index < -0.39 is 0 Å². The Balaban J connectivity index is 1.63. The van der Waals surface area contributed by atoms with Gasteiger partial charge in [-0.2, -0.15) is 0 Å². The van der Waals surface area contributed by atoms with Crippen LogP contribution in [0.15, 0.2) is 114 Å². The Morgan fingerprint density at radius 3 is 1.86 bits per heavy atom. The van der Waals surface area contributed by atoms with Crippen LogP contribution in [0.1, 0.15) is 12.7 Å². The zero-order valence-electron chi connectivity index (χ0n) is 20.2. The fraction of sp³-hybridized carbons (Fsp3) is 0.0645. The van der Waals surface area contributed by atoms with E-state index in [-0.39, 0.29) is 5.56 Å². The minimum absolute atomic E-state index is 0.223. The van der Waals surface area contributed by atoms with Crippen molar-refractivity contribution in [3.05, 3.63) is 130 Å². The van der Waals surface area contributed by atoms with Gasteiger partial charge in [-0.15, -0.1) is 0 Å². The average Bonchev–Trinajstić information content (AvgIpc) is 3.34. The Morgan fingerprint density at radius 1 is 0.649 bits per heavy atom. The Morgan fingerprint density at radius 2 is 1.22 bits per heavy atom. The van der Waals surface area contributed by atoms with Crippen LogP contribution < -0.4 is 5.56 Å². The van der Waals surface area contributed by atoms with Crippen LogP contribution in [0, 0.1) is 0 Å². The largest absolute Gasteiger partial charge is 0.286 e. The molecule has 6 rings (SSSR count). The predicted molar refractivity (Wildman–Crippen MR) is 150 cm³/mol. The average molecular weight is 503 g/mol. The molecule has 0 N–H and O–H groups in total. The van der Waals surface area contributed by atoms with Crippen molar-refractivity contribution in [1.82, 2.24) is 19.1 Å². The Labute approximate surface area is 219 Å². The number of hydrogen-bond donors (Lipinski definition) is 0. The second kappa shape index (κ2) is 9.52. The summed E-state index contributed by atoms with van der Waals surface area (Å²) in [6.45, 7) is 2.03. The lowest BCUT2D eigenvalue weighted by molar-refractivity contribution is 0.900. The van der Waals surface area contributed by atoms with Crippen molar-refractivity contribution in [2.24, 2.45) is 0 Å². The molecule has 0 saturated heterocycles. The van der Waals surface area contributed by atoms with E-state index in [1.807, 2.05) is 84.3 Å². The van der Waals surface area contributed by atoms with Crippen molar-refractivity contribution in [3.63, 3.8) is 0 Å². The van der Waals surface area contributed by atoms with Crippen LogP contribution in [0.2, 0.25) is 5.02 Å². The number of fused-ring (bicyclic) bond motifs is 1. The summed E-state index contributed by atoms with van der Waals surface area (Å²) in [7, 11) is 0. The highest BCUT2D eigenvalue weighted by Crippen LogP contribution is 2.28. The van der Waals surface area contributed by atoms with Crippen molar-refractivity contribution >= 4 is 22.8 Å². The molecule has 0 saturated carbocycles. The van der Waals surface area contributed by atoms with Gasteiger partial charge in [0.2, 0.25) is 0 Å². The van der Waals surface area contributed by atoms with E-state index in [0.717, 1.165) is 28.2 Å². The number of aryl methyl sites for hydroxylation is 1. The van der Waals surface area contributed by atoms with Crippen molar-refractivity contribution < 1.29 is 0 Å². The topological polar surface area (TPSA) is 52.7 Å².